The molecule has 0 aliphatic rings. The summed E-state index contributed by atoms with van der Waals surface area (Å²) in [5, 5.41) is 5.88. The number of nitrogens with one attached hydrogen (secondary N) is 2. The summed E-state index contributed by atoms with van der Waals surface area (Å²) in [6.07, 6.45) is 3.78. The lowest BCUT2D eigenvalue weighted by molar-refractivity contribution is -0.124. The van der Waals surface area contributed by atoms with E-state index in [1.165, 1.54) is 0 Å². The fourth-order valence-corrected chi connectivity index (χ4v) is 2.59. The van der Waals surface area contributed by atoms with Crippen LogP contribution in [0, 0.1) is 5.92 Å². The molecule has 158 valence electrons. The van der Waals surface area contributed by atoms with Crippen LogP contribution >= 0.6 is 0 Å². The number of methoxy groups -OCH3 is 1. The second-order valence-corrected chi connectivity index (χ2v) is 7.39. The molecule has 0 aromatic heterocycles. The Morgan fingerprint density at radius 3 is 2.00 bits per heavy atom. The van der Waals surface area contributed by atoms with Crippen molar-refractivity contribution >= 4 is 11.8 Å². The fraction of sp³-hybridized carbons (Fsp3) is 0.636. The lowest BCUT2D eigenvalue weighted by Gasteiger charge is -2.22. The first-order valence-electron chi connectivity index (χ1n) is 10.3. The smallest absolute Gasteiger partial charge is 0.221 e. The summed E-state index contributed by atoms with van der Waals surface area (Å²) in [4.78, 5) is 24.6. The van der Waals surface area contributed by atoms with Gasteiger partial charge in [-0.2, -0.15) is 0 Å². The van der Waals surface area contributed by atoms with Gasteiger partial charge in [-0.3, -0.25) is 9.59 Å². The number of carbonyl (C=O) groups is 2. The summed E-state index contributed by atoms with van der Waals surface area (Å²) >= 11 is 0. The molecule has 0 saturated heterocycles. The first-order valence-corrected chi connectivity index (χ1v) is 10.3. The van der Waals surface area contributed by atoms with Crippen molar-refractivity contribution in [3.8, 4) is 11.5 Å². The minimum absolute atomic E-state index is 0.0805. The Balaban J connectivity index is 3.03. The second kappa shape index (κ2) is 13.0. The monoisotopic (exact) mass is 392 g/mol. The van der Waals surface area contributed by atoms with Gasteiger partial charge in [-0.05, 0) is 36.5 Å². The summed E-state index contributed by atoms with van der Waals surface area (Å²) in [6, 6.07) is 5.46. The van der Waals surface area contributed by atoms with Gasteiger partial charge < -0.3 is 20.1 Å². The molecule has 0 radical (unpaired) electrons. The summed E-state index contributed by atoms with van der Waals surface area (Å²) in [5.74, 6) is 1.43. The molecule has 2 N–H and O–H groups in total. The molecule has 1 aromatic carbocycles. The molecule has 1 rings (SSSR count). The van der Waals surface area contributed by atoms with Crippen LogP contribution in [0.15, 0.2) is 18.2 Å². The number of unbranched alkanes of at least 4 members (excludes halogenated alkanes) is 2. The molecule has 0 fully saturated rings. The van der Waals surface area contributed by atoms with E-state index < -0.39 is 6.17 Å². The van der Waals surface area contributed by atoms with Crippen molar-refractivity contribution in [1.29, 1.82) is 0 Å². The van der Waals surface area contributed by atoms with E-state index in [-0.39, 0.29) is 11.8 Å². The molecular formula is C22H36N2O4. The zero-order valence-electron chi connectivity index (χ0n) is 18.0. The molecule has 6 nitrogen and oxygen atoms in total. The fourth-order valence-electron chi connectivity index (χ4n) is 2.59. The van der Waals surface area contributed by atoms with Crippen LogP contribution in [-0.2, 0) is 9.59 Å². The van der Waals surface area contributed by atoms with E-state index in [0.717, 1.165) is 31.2 Å². The van der Waals surface area contributed by atoms with Gasteiger partial charge in [0.15, 0.2) is 11.5 Å². The summed E-state index contributed by atoms with van der Waals surface area (Å²) in [6.45, 7) is 8.77. The molecule has 0 bridgehead atoms. The van der Waals surface area contributed by atoms with Gasteiger partial charge in [0.25, 0.3) is 0 Å². The van der Waals surface area contributed by atoms with Gasteiger partial charge in [-0.1, -0.05) is 46.6 Å². The van der Waals surface area contributed by atoms with Gasteiger partial charge in [0.1, 0.15) is 6.17 Å². The number of rotatable bonds is 13. The molecule has 1 aromatic rings. The highest BCUT2D eigenvalue weighted by Crippen LogP contribution is 2.30. The Bertz CT molecular complexity index is 595. The van der Waals surface area contributed by atoms with E-state index in [0.29, 0.717) is 36.9 Å². The Hall–Kier alpha value is -2.24. The molecule has 0 unspecified atom stereocenters. The van der Waals surface area contributed by atoms with Crippen molar-refractivity contribution in [2.24, 2.45) is 5.92 Å². The van der Waals surface area contributed by atoms with E-state index >= 15 is 0 Å². The maximum atomic E-state index is 12.3. The highest BCUT2D eigenvalue weighted by Gasteiger charge is 2.19. The quantitative estimate of drug-likeness (QED) is 0.490. The zero-order valence-corrected chi connectivity index (χ0v) is 18.0. The van der Waals surface area contributed by atoms with Crippen molar-refractivity contribution < 1.29 is 19.1 Å². The summed E-state index contributed by atoms with van der Waals surface area (Å²) < 4.78 is 11.3. The molecule has 2 amide bonds. The number of ether oxygens (including phenoxy) is 2. The van der Waals surface area contributed by atoms with Crippen LogP contribution < -0.4 is 20.1 Å². The van der Waals surface area contributed by atoms with Crippen molar-refractivity contribution in [1.82, 2.24) is 10.6 Å². The van der Waals surface area contributed by atoms with Crippen LogP contribution in [0.5, 0.6) is 11.5 Å². The number of carbonyl (C=O) groups excluding carboxylic acids is 2. The Morgan fingerprint density at radius 1 is 0.964 bits per heavy atom. The van der Waals surface area contributed by atoms with Crippen LogP contribution in [0.3, 0.4) is 0 Å². The molecule has 0 spiro atoms. The largest absolute Gasteiger partial charge is 0.493 e. The Labute approximate surface area is 169 Å². The Morgan fingerprint density at radius 2 is 1.54 bits per heavy atom. The highest BCUT2D eigenvalue weighted by atomic mass is 16.5. The zero-order chi connectivity index (χ0) is 20.9. The number of hydrogen-bond donors (Lipinski definition) is 2. The first kappa shape index (κ1) is 23.8. The predicted molar refractivity (Wildman–Crippen MR) is 111 cm³/mol. The predicted octanol–water partition coefficient (Wildman–Crippen LogP) is 4.34. The van der Waals surface area contributed by atoms with Crippen molar-refractivity contribution in [2.45, 2.75) is 72.4 Å². The van der Waals surface area contributed by atoms with Gasteiger partial charge in [-0.15, -0.1) is 0 Å². The van der Waals surface area contributed by atoms with Gasteiger partial charge in [0.2, 0.25) is 11.8 Å². The van der Waals surface area contributed by atoms with Crippen molar-refractivity contribution in [3.05, 3.63) is 23.8 Å². The Kier molecular flexibility index (Phi) is 11.1. The molecule has 0 aliphatic carbocycles. The topological polar surface area (TPSA) is 76.7 Å². The standard InChI is InChI=1S/C22H36N2O4/c1-6-8-10-20(25)23-22(24-21(26)11-9-7-2)17-12-13-18(27-5)19(14-17)28-15-16(3)4/h12-14,16,22H,6-11,15H2,1-5H3,(H,23,25)(H,24,26). The maximum absolute atomic E-state index is 12.3. The lowest BCUT2D eigenvalue weighted by atomic mass is 10.1. The van der Waals surface area contributed by atoms with E-state index in [1.807, 2.05) is 26.0 Å². The van der Waals surface area contributed by atoms with Crippen molar-refractivity contribution in [3.63, 3.8) is 0 Å². The molecule has 6 heteroatoms. The molecular weight excluding hydrogens is 356 g/mol. The summed E-state index contributed by atoms with van der Waals surface area (Å²) in [7, 11) is 1.59. The molecule has 28 heavy (non-hydrogen) atoms. The molecule has 0 aliphatic heterocycles. The third-order valence-corrected chi connectivity index (χ3v) is 4.22. The number of amides is 2. The molecule has 0 heterocycles. The van der Waals surface area contributed by atoms with E-state index in [9.17, 15) is 9.59 Å². The van der Waals surface area contributed by atoms with Crippen LogP contribution in [0.4, 0.5) is 0 Å². The van der Waals surface area contributed by atoms with Gasteiger partial charge in [0, 0.05) is 12.8 Å². The normalized spacial score (nSPS) is 10.8. The lowest BCUT2D eigenvalue weighted by Crippen LogP contribution is -2.41. The molecule has 0 atom stereocenters. The average molecular weight is 393 g/mol. The van der Waals surface area contributed by atoms with Gasteiger partial charge in [0.05, 0.1) is 13.7 Å². The third-order valence-electron chi connectivity index (χ3n) is 4.22. The number of benzene rings is 1. The minimum Gasteiger partial charge on any atom is -0.493 e. The van der Waals surface area contributed by atoms with E-state index in [4.69, 9.17) is 9.47 Å². The third kappa shape index (κ3) is 8.63. The first-order chi connectivity index (χ1) is 13.4. The van der Waals surface area contributed by atoms with E-state index in [2.05, 4.69) is 24.5 Å². The van der Waals surface area contributed by atoms with Crippen LogP contribution in [0.1, 0.15) is 77.9 Å². The van der Waals surface area contributed by atoms with E-state index in [1.54, 1.807) is 13.2 Å². The highest BCUT2D eigenvalue weighted by molar-refractivity contribution is 5.79. The van der Waals surface area contributed by atoms with Crippen LogP contribution in [0.2, 0.25) is 0 Å². The van der Waals surface area contributed by atoms with Gasteiger partial charge >= 0.3 is 0 Å². The maximum Gasteiger partial charge on any atom is 0.221 e. The number of hydrogen-bond acceptors (Lipinski definition) is 4. The molecule has 0 saturated carbocycles. The minimum atomic E-state index is -0.596. The average Bonchev–Trinajstić information content (AvgIpc) is 2.68. The SMILES string of the molecule is CCCCC(=O)NC(NC(=O)CCCC)c1ccc(OC)c(OCC(C)C)c1. The van der Waals surface area contributed by atoms with Crippen LogP contribution in [-0.4, -0.2) is 25.5 Å². The van der Waals surface area contributed by atoms with Crippen molar-refractivity contribution in [2.75, 3.05) is 13.7 Å². The summed E-state index contributed by atoms with van der Waals surface area (Å²) in [5.41, 5.74) is 0.759. The van der Waals surface area contributed by atoms with Crippen LogP contribution in [0.25, 0.3) is 0 Å². The second-order valence-electron chi connectivity index (χ2n) is 7.39. The van der Waals surface area contributed by atoms with Gasteiger partial charge in [-0.25, -0.2) is 0 Å².